The Morgan fingerprint density at radius 2 is 2.15 bits per heavy atom. The molecule has 0 atom stereocenters. The standard InChI is InChI=1S/C11H15FO/c1-3-4-5-9-6-7-10(13-2)8-11(9)12/h6-8H,3-5H2,1-2H3. The fourth-order valence-corrected chi connectivity index (χ4v) is 1.22. The third kappa shape index (κ3) is 2.72. The van der Waals surface area contributed by atoms with Gasteiger partial charge in [0.15, 0.2) is 0 Å². The third-order valence-electron chi connectivity index (χ3n) is 2.06. The molecular weight excluding hydrogens is 167 g/mol. The van der Waals surface area contributed by atoms with Gasteiger partial charge in [0.1, 0.15) is 11.6 Å². The van der Waals surface area contributed by atoms with E-state index < -0.39 is 0 Å². The lowest BCUT2D eigenvalue weighted by atomic mass is 10.1. The van der Waals surface area contributed by atoms with Crippen LogP contribution in [0.4, 0.5) is 4.39 Å². The molecule has 0 amide bonds. The summed E-state index contributed by atoms with van der Waals surface area (Å²) in [6, 6.07) is 5.03. The van der Waals surface area contributed by atoms with Gasteiger partial charge in [0, 0.05) is 6.07 Å². The number of rotatable bonds is 4. The molecule has 0 spiro atoms. The summed E-state index contributed by atoms with van der Waals surface area (Å²) in [7, 11) is 1.54. The summed E-state index contributed by atoms with van der Waals surface area (Å²) in [5.41, 5.74) is 0.780. The van der Waals surface area contributed by atoms with Gasteiger partial charge in [-0.3, -0.25) is 0 Å². The molecule has 0 aliphatic heterocycles. The first-order chi connectivity index (χ1) is 6.27. The molecule has 0 bridgehead atoms. The highest BCUT2D eigenvalue weighted by Crippen LogP contribution is 2.17. The topological polar surface area (TPSA) is 9.23 Å². The Morgan fingerprint density at radius 3 is 2.69 bits per heavy atom. The predicted molar refractivity (Wildman–Crippen MR) is 51.6 cm³/mol. The maximum atomic E-state index is 13.3. The number of aryl methyl sites for hydroxylation is 1. The van der Waals surface area contributed by atoms with E-state index in [0.29, 0.717) is 5.75 Å². The average molecular weight is 182 g/mol. The molecule has 2 heteroatoms. The van der Waals surface area contributed by atoms with Crippen molar-refractivity contribution < 1.29 is 9.13 Å². The highest BCUT2D eigenvalue weighted by atomic mass is 19.1. The lowest BCUT2D eigenvalue weighted by Crippen LogP contribution is -1.92. The Bertz CT molecular complexity index is 271. The minimum absolute atomic E-state index is 0.159. The Balaban J connectivity index is 2.73. The number of benzene rings is 1. The Hall–Kier alpha value is -1.05. The summed E-state index contributed by atoms with van der Waals surface area (Å²) in [5, 5.41) is 0. The van der Waals surface area contributed by atoms with Crippen molar-refractivity contribution in [2.75, 3.05) is 7.11 Å². The Morgan fingerprint density at radius 1 is 1.38 bits per heavy atom. The molecule has 0 saturated heterocycles. The molecule has 0 N–H and O–H groups in total. The van der Waals surface area contributed by atoms with E-state index >= 15 is 0 Å². The van der Waals surface area contributed by atoms with Gasteiger partial charge in [0.05, 0.1) is 7.11 Å². The zero-order valence-corrected chi connectivity index (χ0v) is 8.14. The largest absolute Gasteiger partial charge is 0.497 e. The van der Waals surface area contributed by atoms with Crippen molar-refractivity contribution in [3.8, 4) is 5.75 Å². The number of hydrogen-bond acceptors (Lipinski definition) is 1. The summed E-state index contributed by atoms with van der Waals surface area (Å²) in [6.45, 7) is 2.10. The number of ether oxygens (including phenoxy) is 1. The molecule has 0 saturated carbocycles. The minimum Gasteiger partial charge on any atom is -0.497 e. The molecule has 1 nitrogen and oxygen atoms in total. The second-order valence-electron chi connectivity index (χ2n) is 3.06. The van der Waals surface area contributed by atoms with Crippen LogP contribution in [0, 0.1) is 5.82 Å². The fraction of sp³-hybridized carbons (Fsp3) is 0.455. The lowest BCUT2D eigenvalue weighted by Gasteiger charge is -2.04. The summed E-state index contributed by atoms with van der Waals surface area (Å²) in [5.74, 6) is 0.422. The Labute approximate surface area is 78.5 Å². The van der Waals surface area contributed by atoms with Crippen LogP contribution in [0.25, 0.3) is 0 Å². The quantitative estimate of drug-likeness (QED) is 0.695. The van der Waals surface area contributed by atoms with Crippen molar-refractivity contribution in [3.05, 3.63) is 29.6 Å². The average Bonchev–Trinajstić information content (AvgIpc) is 2.16. The van der Waals surface area contributed by atoms with E-state index in [9.17, 15) is 4.39 Å². The smallest absolute Gasteiger partial charge is 0.130 e. The van der Waals surface area contributed by atoms with E-state index in [1.807, 2.05) is 0 Å². The number of halogens is 1. The van der Waals surface area contributed by atoms with Gasteiger partial charge < -0.3 is 4.74 Å². The van der Waals surface area contributed by atoms with E-state index in [4.69, 9.17) is 4.74 Å². The molecule has 0 aliphatic rings. The SMILES string of the molecule is CCCCc1ccc(OC)cc1F. The molecule has 1 aromatic carbocycles. The molecule has 0 aromatic heterocycles. The van der Waals surface area contributed by atoms with Crippen molar-refractivity contribution in [2.24, 2.45) is 0 Å². The van der Waals surface area contributed by atoms with Crippen LogP contribution in [0.15, 0.2) is 18.2 Å². The second kappa shape index (κ2) is 4.85. The van der Waals surface area contributed by atoms with E-state index in [2.05, 4.69) is 6.92 Å². The van der Waals surface area contributed by atoms with Gasteiger partial charge in [-0.25, -0.2) is 4.39 Å². The molecule has 0 heterocycles. The fourth-order valence-electron chi connectivity index (χ4n) is 1.22. The van der Waals surface area contributed by atoms with Gasteiger partial charge in [-0.2, -0.15) is 0 Å². The maximum Gasteiger partial charge on any atom is 0.130 e. The van der Waals surface area contributed by atoms with Gasteiger partial charge >= 0.3 is 0 Å². The number of methoxy groups -OCH3 is 1. The first-order valence-corrected chi connectivity index (χ1v) is 4.60. The van der Waals surface area contributed by atoms with Crippen LogP contribution < -0.4 is 4.74 Å². The van der Waals surface area contributed by atoms with Gasteiger partial charge in [0.2, 0.25) is 0 Å². The number of unbranched alkanes of at least 4 members (excludes halogenated alkanes) is 1. The monoisotopic (exact) mass is 182 g/mol. The van der Waals surface area contributed by atoms with Crippen LogP contribution in [-0.4, -0.2) is 7.11 Å². The maximum absolute atomic E-state index is 13.3. The van der Waals surface area contributed by atoms with Gasteiger partial charge in [-0.05, 0) is 24.5 Å². The van der Waals surface area contributed by atoms with Crippen LogP contribution in [0.2, 0.25) is 0 Å². The molecule has 1 aromatic rings. The third-order valence-corrected chi connectivity index (χ3v) is 2.06. The van der Waals surface area contributed by atoms with E-state index in [1.165, 1.54) is 6.07 Å². The van der Waals surface area contributed by atoms with E-state index in [1.54, 1.807) is 19.2 Å². The predicted octanol–water partition coefficient (Wildman–Crippen LogP) is 3.18. The zero-order chi connectivity index (χ0) is 9.68. The lowest BCUT2D eigenvalue weighted by molar-refractivity contribution is 0.410. The van der Waals surface area contributed by atoms with Crippen LogP contribution in [-0.2, 0) is 6.42 Å². The first-order valence-electron chi connectivity index (χ1n) is 4.60. The van der Waals surface area contributed by atoms with Crippen LogP contribution in [0.3, 0.4) is 0 Å². The molecule has 1 rings (SSSR count). The Kier molecular flexibility index (Phi) is 3.74. The summed E-state index contributed by atoms with van der Waals surface area (Å²) in [6.07, 6.45) is 2.93. The summed E-state index contributed by atoms with van der Waals surface area (Å²) in [4.78, 5) is 0. The van der Waals surface area contributed by atoms with Gasteiger partial charge in [0.25, 0.3) is 0 Å². The first kappa shape index (κ1) is 10.0. The van der Waals surface area contributed by atoms with E-state index in [-0.39, 0.29) is 5.82 Å². The van der Waals surface area contributed by atoms with Crippen LogP contribution >= 0.6 is 0 Å². The molecule has 0 radical (unpaired) electrons. The molecule has 0 unspecified atom stereocenters. The van der Waals surface area contributed by atoms with Crippen molar-refractivity contribution >= 4 is 0 Å². The van der Waals surface area contributed by atoms with Crippen molar-refractivity contribution in [3.63, 3.8) is 0 Å². The van der Waals surface area contributed by atoms with E-state index in [0.717, 1.165) is 24.8 Å². The van der Waals surface area contributed by atoms with Crippen LogP contribution in [0.1, 0.15) is 25.3 Å². The van der Waals surface area contributed by atoms with Crippen molar-refractivity contribution in [1.29, 1.82) is 0 Å². The molecule has 72 valence electrons. The van der Waals surface area contributed by atoms with Crippen LogP contribution in [0.5, 0.6) is 5.75 Å². The highest BCUT2D eigenvalue weighted by molar-refractivity contribution is 5.28. The van der Waals surface area contributed by atoms with Gasteiger partial charge in [-0.1, -0.05) is 19.4 Å². The molecular formula is C11H15FO. The molecule has 13 heavy (non-hydrogen) atoms. The summed E-state index contributed by atoms with van der Waals surface area (Å²) >= 11 is 0. The molecule has 0 fully saturated rings. The highest BCUT2D eigenvalue weighted by Gasteiger charge is 2.02. The number of hydrogen-bond donors (Lipinski definition) is 0. The zero-order valence-electron chi connectivity index (χ0n) is 8.14. The second-order valence-corrected chi connectivity index (χ2v) is 3.06. The normalized spacial score (nSPS) is 10.1. The minimum atomic E-state index is -0.159. The van der Waals surface area contributed by atoms with Crippen molar-refractivity contribution in [1.82, 2.24) is 0 Å². The summed E-state index contributed by atoms with van der Waals surface area (Å²) < 4.78 is 18.2. The van der Waals surface area contributed by atoms with Crippen molar-refractivity contribution in [2.45, 2.75) is 26.2 Å². The van der Waals surface area contributed by atoms with Gasteiger partial charge in [-0.15, -0.1) is 0 Å². The molecule has 0 aliphatic carbocycles.